The molecule has 24 heavy (non-hydrogen) atoms. The first-order valence-corrected chi connectivity index (χ1v) is 8.88. The number of hydrogen-bond acceptors (Lipinski definition) is 6. The number of anilines is 1. The van der Waals surface area contributed by atoms with Gasteiger partial charge >= 0.3 is 0 Å². The lowest BCUT2D eigenvalue weighted by atomic mass is 9.79. The zero-order valence-corrected chi connectivity index (χ0v) is 14.5. The van der Waals surface area contributed by atoms with Gasteiger partial charge in [0, 0.05) is 26.6 Å². The first kappa shape index (κ1) is 15.8. The highest BCUT2D eigenvalue weighted by molar-refractivity contribution is 5.45. The van der Waals surface area contributed by atoms with Crippen LogP contribution in [0.5, 0.6) is 0 Å². The van der Waals surface area contributed by atoms with Gasteiger partial charge in [0.1, 0.15) is 5.82 Å². The summed E-state index contributed by atoms with van der Waals surface area (Å²) >= 11 is 0. The highest BCUT2D eigenvalue weighted by atomic mass is 16.3. The fourth-order valence-electron chi connectivity index (χ4n) is 3.80. The monoisotopic (exact) mass is 330 g/mol. The van der Waals surface area contributed by atoms with Crippen molar-refractivity contribution < 1.29 is 5.11 Å². The van der Waals surface area contributed by atoms with Crippen LogP contribution in [-0.2, 0) is 0 Å². The maximum absolute atomic E-state index is 10.4. The van der Waals surface area contributed by atoms with Crippen molar-refractivity contribution in [2.24, 2.45) is 0 Å². The molecule has 2 aromatic rings. The van der Waals surface area contributed by atoms with E-state index in [0.29, 0.717) is 5.92 Å². The summed E-state index contributed by atoms with van der Waals surface area (Å²) < 4.78 is 1.90. The topological polar surface area (TPSA) is 69.8 Å². The van der Waals surface area contributed by atoms with Gasteiger partial charge in [0.15, 0.2) is 11.5 Å². The van der Waals surface area contributed by atoms with E-state index < -0.39 is 5.60 Å². The van der Waals surface area contributed by atoms with Crippen LogP contribution >= 0.6 is 0 Å². The molecule has 1 N–H and O–H groups in total. The van der Waals surface area contributed by atoms with Crippen molar-refractivity contribution in [3.05, 3.63) is 18.0 Å². The van der Waals surface area contributed by atoms with E-state index in [4.69, 9.17) is 0 Å². The number of fused-ring (bicyclic) bond motifs is 1. The van der Waals surface area contributed by atoms with Crippen LogP contribution in [0.1, 0.15) is 43.8 Å². The van der Waals surface area contributed by atoms with Crippen molar-refractivity contribution in [2.75, 3.05) is 38.6 Å². The second kappa shape index (κ2) is 5.97. The minimum atomic E-state index is -0.420. The summed E-state index contributed by atoms with van der Waals surface area (Å²) in [5.41, 5.74) is 0.387. The Morgan fingerprint density at radius 2 is 1.96 bits per heavy atom. The van der Waals surface area contributed by atoms with Crippen molar-refractivity contribution in [2.45, 2.75) is 43.6 Å². The molecule has 4 rings (SSSR count). The van der Waals surface area contributed by atoms with Crippen LogP contribution in [0.2, 0.25) is 0 Å². The Bertz CT molecular complexity index is 715. The molecule has 0 bridgehead atoms. The molecular formula is C17H26N6O. The smallest absolute Gasteiger partial charge is 0.178 e. The number of aliphatic hydroxyl groups is 1. The van der Waals surface area contributed by atoms with E-state index in [9.17, 15) is 5.11 Å². The Morgan fingerprint density at radius 3 is 2.58 bits per heavy atom. The zero-order chi connectivity index (χ0) is 16.7. The first-order valence-electron chi connectivity index (χ1n) is 8.88. The average Bonchev–Trinajstić information content (AvgIpc) is 2.97. The Balaban J connectivity index is 1.47. The maximum Gasteiger partial charge on any atom is 0.178 e. The van der Waals surface area contributed by atoms with Crippen LogP contribution < -0.4 is 4.90 Å². The van der Waals surface area contributed by atoms with Crippen LogP contribution in [0.3, 0.4) is 0 Å². The molecule has 1 aliphatic carbocycles. The molecule has 7 nitrogen and oxygen atoms in total. The SMILES string of the molecule is CN(C)c1ccc2nnc(C3CCN(CC4(O)CCC4)CC3)n2n1. The van der Waals surface area contributed by atoms with Gasteiger partial charge in [0.2, 0.25) is 0 Å². The lowest BCUT2D eigenvalue weighted by Crippen LogP contribution is -2.49. The van der Waals surface area contributed by atoms with Gasteiger partial charge in [-0.25, -0.2) is 0 Å². The summed E-state index contributed by atoms with van der Waals surface area (Å²) in [6.07, 6.45) is 5.17. The second-order valence-corrected chi connectivity index (χ2v) is 7.54. The lowest BCUT2D eigenvalue weighted by molar-refractivity contribution is -0.0623. The van der Waals surface area contributed by atoms with Crippen LogP contribution in [0.15, 0.2) is 12.1 Å². The molecule has 2 fully saturated rings. The van der Waals surface area contributed by atoms with Crippen molar-refractivity contribution >= 4 is 11.5 Å². The normalized spacial score (nSPS) is 21.8. The molecule has 0 atom stereocenters. The number of nitrogens with zero attached hydrogens (tertiary/aromatic N) is 6. The maximum atomic E-state index is 10.4. The van der Waals surface area contributed by atoms with Gasteiger partial charge in [-0.15, -0.1) is 15.3 Å². The van der Waals surface area contributed by atoms with E-state index in [-0.39, 0.29) is 0 Å². The molecule has 130 valence electrons. The quantitative estimate of drug-likeness (QED) is 0.911. The first-order chi connectivity index (χ1) is 11.5. The Labute approximate surface area is 142 Å². The fraction of sp³-hybridized carbons (Fsp3) is 0.706. The van der Waals surface area contributed by atoms with Crippen LogP contribution in [-0.4, -0.2) is 69.1 Å². The molecule has 1 aliphatic heterocycles. The number of aromatic nitrogens is 4. The molecular weight excluding hydrogens is 304 g/mol. The number of β-amino-alcohol motifs (C(OH)–C–C–N with tert-alkyl or cyclic N) is 1. The Kier molecular flexibility index (Phi) is 3.92. The fourth-order valence-corrected chi connectivity index (χ4v) is 3.80. The van der Waals surface area contributed by atoms with Gasteiger partial charge in [0.05, 0.1) is 5.60 Å². The molecule has 1 saturated heterocycles. The van der Waals surface area contributed by atoms with Crippen LogP contribution in [0, 0.1) is 0 Å². The molecule has 0 radical (unpaired) electrons. The van der Waals surface area contributed by atoms with Crippen molar-refractivity contribution in [1.82, 2.24) is 24.7 Å². The van der Waals surface area contributed by atoms with Crippen LogP contribution in [0.25, 0.3) is 5.65 Å². The van der Waals surface area contributed by atoms with E-state index in [0.717, 1.165) is 62.6 Å². The summed E-state index contributed by atoms with van der Waals surface area (Å²) in [6.45, 7) is 2.84. The van der Waals surface area contributed by atoms with Crippen molar-refractivity contribution in [1.29, 1.82) is 0 Å². The summed E-state index contributed by atoms with van der Waals surface area (Å²) in [6, 6.07) is 3.94. The van der Waals surface area contributed by atoms with E-state index in [1.54, 1.807) is 0 Å². The standard InChI is InChI=1S/C17H26N6O/c1-21(2)15-5-4-14-18-19-16(23(14)20-15)13-6-10-22(11-7-13)12-17(24)8-3-9-17/h4-5,13,24H,3,6-12H2,1-2H3. The van der Waals surface area contributed by atoms with Gasteiger partial charge in [-0.3, -0.25) is 0 Å². The summed E-state index contributed by atoms with van der Waals surface area (Å²) in [7, 11) is 3.98. The summed E-state index contributed by atoms with van der Waals surface area (Å²) in [5.74, 6) is 2.26. The van der Waals surface area contributed by atoms with Gasteiger partial charge < -0.3 is 14.9 Å². The number of rotatable bonds is 4. The second-order valence-electron chi connectivity index (χ2n) is 7.54. The van der Waals surface area contributed by atoms with Gasteiger partial charge in [-0.1, -0.05) is 0 Å². The highest BCUT2D eigenvalue weighted by Gasteiger charge is 2.37. The Morgan fingerprint density at radius 1 is 1.21 bits per heavy atom. The molecule has 0 spiro atoms. The predicted molar refractivity (Wildman–Crippen MR) is 92.3 cm³/mol. The summed E-state index contributed by atoms with van der Waals surface area (Å²) in [4.78, 5) is 4.39. The molecule has 7 heteroatoms. The van der Waals surface area contributed by atoms with Gasteiger partial charge in [0.25, 0.3) is 0 Å². The molecule has 1 saturated carbocycles. The largest absolute Gasteiger partial charge is 0.389 e. The third-order valence-corrected chi connectivity index (χ3v) is 5.49. The van der Waals surface area contributed by atoms with E-state index in [1.807, 2.05) is 35.6 Å². The number of hydrogen-bond donors (Lipinski definition) is 1. The predicted octanol–water partition coefficient (Wildman–Crippen LogP) is 1.28. The molecule has 3 heterocycles. The van der Waals surface area contributed by atoms with Crippen molar-refractivity contribution in [3.63, 3.8) is 0 Å². The summed E-state index contributed by atoms with van der Waals surface area (Å²) in [5, 5.41) is 23.7. The lowest BCUT2D eigenvalue weighted by Gasteiger charge is -2.42. The van der Waals surface area contributed by atoms with E-state index in [2.05, 4.69) is 20.2 Å². The van der Waals surface area contributed by atoms with E-state index in [1.165, 1.54) is 6.42 Å². The highest BCUT2D eigenvalue weighted by Crippen LogP contribution is 2.34. The van der Waals surface area contributed by atoms with Crippen molar-refractivity contribution in [3.8, 4) is 0 Å². The van der Waals surface area contributed by atoms with Gasteiger partial charge in [-0.05, 0) is 57.3 Å². The molecule has 2 aromatic heterocycles. The Hall–Kier alpha value is -1.73. The minimum absolute atomic E-state index is 0.386. The van der Waals surface area contributed by atoms with Crippen LogP contribution in [0.4, 0.5) is 5.82 Å². The van der Waals surface area contributed by atoms with Gasteiger partial charge in [-0.2, -0.15) is 4.52 Å². The number of likely N-dealkylation sites (tertiary alicyclic amines) is 1. The third-order valence-electron chi connectivity index (χ3n) is 5.49. The molecule has 0 unspecified atom stereocenters. The molecule has 2 aliphatic rings. The minimum Gasteiger partial charge on any atom is -0.389 e. The number of piperidine rings is 1. The van der Waals surface area contributed by atoms with E-state index >= 15 is 0 Å². The average molecular weight is 330 g/mol. The zero-order valence-electron chi connectivity index (χ0n) is 14.5. The third kappa shape index (κ3) is 2.86. The molecule has 0 amide bonds. The molecule has 0 aromatic carbocycles.